The Labute approximate surface area is 447 Å². The second-order valence-electron chi connectivity index (χ2n) is 21.2. The summed E-state index contributed by atoms with van der Waals surface area (Å²) in [4.78, 5) is 4.59. The van der Waals surface area contributed by atoms with Crippen LogP contribution in [0.25, 0.3) is 76.8 Å². The van der Waals surface area contributed by atoms with Crippen molar-refractivity contribution in [2.75, 3.05) is 9.80 Å². The Bertz CT molecular complexity index is 3950. The number of halogens is 1. The molecule has 0 heterocycles. The predicted molar refractivity (Wildman–Crippen MR) is 324 cm³/mol. The zero-order valence-electron chi connectivity index (χ0n) is 44.9. The summed E-state index contributed by atoms with van der Waals surface area (Å²) in [5.74, 6) is -0.292. The normalized spacial score (nSPS) is 11.6. The first kappa shape index (κ1) is 48.2. The molecule has 0 aliphatic carbocycles. The first-order chi connectivity index (χ1) is 36.8. The van der Waals surface area contributed by atoms with Crippen LogP contribution in [0, 0.1) is 68.1 Å². The van der Waals surface area contributed by atoms with Gasteiger partial charge in [0, 0.05) is 27.8 Å². The fraction of sp³-hybridized carbons (Fsp3) is 0.123. The van der Waals surface area contributed by atoms with Crippen LogP contribution in [0.2, 0.25) is 0 Å². The lowest BCUT2D eigenvalue weighted by Crippen LogP contribution is -2.13. The molecule has 0 bridgehead atoms. The van der Waals surface area contributed by atoms with Gasteiger partial charge in [0.2, 0.25) is 0 Å². The molecular formula is C73H61FN2. The number of hydrogen-bond acceptors (Lipinski definition) is 2. The summed E-state index contributed by atoms with van der Waals surface area (Å²) in [5, 5.41) is 6.76. The van der Waals surface area contributed by atoms with Gasteiger partial charge in [-0.3, -0.25) is 0 Å². The Balaban J connectivity index is 1.11. The van der Waals surface area contributed by atoms with Crippen LogP contribution in [0.4, 0.5) is 38.5 Å². The number of nitrogens with zero attached hydrogens (tertiary/aromatic N) is 2. The van der Waals surface area contributed by atoms with Gasteiger partial charge in [0.25, 0.3) is 0 Å². The predicted octanol–water partition coefficient (Wildman–Crippen LogP) is 21.1. The second kappa shape index (κ2) is 19.2. The van der Waals surface area contributed by atoms with E-state index in [-0.39, 0.29) is 5.82 Å². The highest BCUT2D eigenvalue weighted by molar-refractivity contribution is 6.28. The van der Waals surface area contributed by atoms with E-state index in [1.54, 1.807) is 6.07 Å². The molecule has 370 valence electrons. The monoisotopic (exact) mass is 984 g/mol. The Morgan fingerprint density at radius 3 is 1.01 bits per heavy atom. The molecule has 3 heteroatoms. The summed E-state index contributed by atoms with van der Waals surface area (Å²) in [5.41, 5.74) is 25.1. The van der Waals surface area contributed by atoms with Crippen molar-refractivity contribution in [2.24, 2.45) is 0 Å². The van der Waals surface area contributed by atoms with Gasteiger partial charge in [-0.15, -0.1) is 0 Å². The van der Waals surface area contributed by atoms with Crippen molar-refractivity contribution in [3.8, 4) is 44.5 Å². The minimum atomic E-state index is -0.292. The van der Waals surface area contributed by atoms with E-state index in [1.807, 2.05) is 18.2 Å². The Morgan fingerprint density at radius 1 is 0.263 bits per heavy atom. The Morgan fingerprint density at radius 2 is 0.605 bits per heavy atom. The van der Waals surface area contributed by atoms with Crippen molar-refractivity contribution in [1.29, 1.82) is 0 Å². The van der Waals surface area contributed by atoms with Gasteiger partial charge in [-0.1, -0.05) is 168 Å². The number of para-hydroxylation sites is 2. The van der Waals surface area contributed by atoms with Crippen molar-refractivity contribution in [2.45, 2.75) is 62.3 Å². The summed E-state index contributed by atoms with van der Waals surface area (Å²) in [6.07, 6.45) is 0. The van der Waals surface area contributed by atoms with Crippen LogP contribution in [0.15, 0.2) is 206 Å². The van der Waals surface area contributed by atoms with E-state index in [2.05, 4.69) is 254 Å². The van der Waals surface area contributed by atoms with Crippen LogP contribution < -0.4 is 9.80 Å². The van der Waals surface area contributed by atoms with E-state index >= 15 is 4.39 Å². The molecule has 0 N–H and O–H groups in total. The third kappa shape index (κ3) is 8.37. The number of rotatable bonds is 10. The molecule has 2 nitrogen and oxygen atoms in total. The van der Waals surface area contributed by atoms with E-state index in [9.17, 15) is 0 Å². The lowest BCUT2D eigenvalue weighted by molar-refractivity contribution is 0.629. The maximum Gasteiger partial charge on any atom is 0.147 e. The first-order valence-corrected chi connectivity index (χ1v) is 26.5. The first-order valence-electron chi connectivity index (χ1n) is 26.5. The summed E-state index contributed by atoms with van der Waals surface area (Å²) in [7, 11) is 0. The average molecular weight is 985 g/mol. The summed E-state index contributed by atoms with van der Waals surface area (Å²) in [6.45, 7) is 19.6. The number of hydrogen-bond donors (Lipinski definition) is 0. The highest BCUT2D eigenvalue weighted by Crippen LogP contribution is 2.51. The van der Waals surface area contributed by atoms with Crippen LogP contribution in [0.1, 0.15) is 50.1 Å². The van der Waals surface area contributed by atoms with Crippen LogP contribution >= 0.6 is 0 Å². The average Bonchev–Trinajstić information content (AvgIpc) is 3.47. The number of benzene rings is 12. The van der Waals surface area contributed by atoms with Crippen molar-refractivity contribution >= 4 is 66.4 Å². The van der Waals surface area contributed by atoms with Gasteiger partial charge in [-0.05, 0) is 217 Å². The third-order valence-corrected chi connectivity index (χ3v) is 15.8. The zero-order valence-corrected chi connectivity index (χ0v) is 44.9. The van der Waals surface area contributed by atoms with E-state index < -0.39 is 0 Å². The molecule has 0 aliphatic heterocycles. The molecule has 12 aromatic carbocycles. The van der Waals surface area contributed by atoms with Crippen LogP contribution in [-0.4, -0.2) is 0 Å². The van der Waals surface area contributed by atoms with Gasteiger partial charge in [0.15, 0.2) is 0 Å². The SMILES string of the molecule is Cc1ccc(C)c(-c2cc(C)c(N(c3ccccc3)c3ccc4ccc5c(N(c6ccccc6)c6cc(-c7cc(C)ccc7C)c(-c7cc(C)ccc7C)cc6F)ccc6ccc3c4c65)cc2-c2cc(C)ccc2C)c1. The van der Waals surface area contributed by atoms with Gasteiger partial charge in [-0.2, -0.15) is 0 Å². The van der Waals surface area contributed by atoms with E-state index in [0.717, 1.165) is 99.9 Å². The lowest BCUT2D eigenvalue weighted by atomic mass is 9.87. The topological polar surface area (TPSA) is 6.48 Å². The highest BCUT2D eigenvalue weighted by Gasteiger charge is 2.27. The molecule has 0 atom stereocenters. The van der Waals surface area contributed by atoms with Gasteiger partial charge in [-0.25, -0.2) is 4.39 Å². The minimum Gasteiger partial charge on any atom is -0.310 e. The Kier molecular flexibility index (Phi) is 12.1. The van der Waals surface area contributed by atoms with Gasteiger partial charge >= 0.3 is 0 Å². The second-order valence-corrected chi connectivity index (χ2v) is 21.2. The third-order valence-electron chi connectivity index (χ3n) is 15.8. The van der Waals surface area contributed by atoms with E-state index in [1.165, 1.54) is 55.5 Å². The fourth-order valence-corrected chi connectivity index (χ4v) is 11.8. The molecule has 12 aromatic rings. The molecule has 0 aliphatic rings. The molecule has 0 aromatic heterocycles. The van der Waals surface area contributed by atoms with Crippen molar-refractivity contribution in [1.82, 2.24) is 0 Å². The molecule has 0 unspecified atom stereocenters. The van der Waals surface area contributed by atoms with Gasteiger partial charge in [0.1, 0.15) is 5.82 Å². The molecule has 0 amide bonds. The molecule has 0 saturated carbocycles. The largest absolute Gasteiger partial charge is 0.310 e. The molecular weight excluding hydrogens is 924 g/mol. The summed E-state index contributed by atoms with van der Waals surface area (Å²) in [6, 6.07) is 74.4. The number of anilines is 6. The van der Waals surface area contributed by atoms with Crippen molar-refractivity contribution in [3.63, 3.8) is 0 Å². The maximum atomic E-state index is 17.8. The molecule has 76 heavy (non-hydrogen) atoms. The molecule has 0 saturated heterocycles. The Hall–Kier alpha value is -8.79. The van der Waals surface area contributed by atoms with E-state index in [0.29, 0.717) is 5.69 Å². The van der Waals surface area contributed by atoms with Crippen molar-refractivity contribution in [3.05, 3.63) is 262 Å². The van der Waals surface area contributed by atoms with Crippen molar-refractivity contribution < 1.29 is 4.39 Å². The van der Waals surface area contributed by atoms with Gasteiger partial charge in [0.05, 0.1) is 17.1 Å². The fourth-order valence-electron chi connectivity index (χ4n) is 11.8. The molecule has 0 spiro atoms. The van der Waals surface area contributed by atoms with Crippen LogP contribution in [0.5, 0.6) is 0 Å². The van der Waals surface area contributed by atoms with Crippen LogP contribution in [0.3, 0.4) is 0 Å². The molecule has 0 fully saturated rings. The van der Waals surface area contributed by atoms with Gasteiger partial charge < -0.3 is 9.80 Å². The summed E-state index contributed by atoms with van der Waals surface area (Å²) >= 11 is 0. The van der Waals surface area contributed by atoms with Crippen LogP contribution in [-0.2, 0) is 0 Å². The highest BCUT2D eigenvalue weighted by atomic mass is 19.1. The smallest absolute Gasteiger partial charge is 0.147 e. The number of aryl methyl sites for hydroxylation is 9. The molecule has 0 radical (unpaired) electrons. The quantitative estimate of drug-likeness (QED) is 0.126. The maximum absolute atomic E-state index is 17.8. The lowest BCUT2D eigenvalue weighted by Gasteiger charge is -2.31. The molecule has 12 rings (SSSR count). The zero-order chi connectivity index (χ0) is 52.5. The van der Waals surface area contributed by atoms with E-state index in [4.69, 9.17) is 0 Å². The standard InChI is InChI=1S/C73H61FN2/c1-44-20-24-48(5)59(36-44)63-40-52(9)70(42-65(63)61-38-46(3)22-26-50(61)7)75(55-16-12-10-13-17-55)68-34-30-53-29-33-58-69(35-31-54-28-32-57(68)72(53)73(54)58)76(56-18-14-11-15-19-56)71-43-66(62-39-47(4)23-27-51(62)8)64(41-67(71)74)60-37-45(2)21-25-49(60)6/h10-43H,1-9H3. The summed E-state index contributed by atoms with van der Waals surface area (Å²) < 4.78 is 17.8. The minimum absolute atomic E-state index is 0.292.